The van der Waals surface area contributed by atoms with Gasteiger partial charge in [0.25, 0.3) is 5.91 Å². The van der Waals surface area contributed by atoms with Gasteiger partial charge in [0.15, 0.2) is 0 Å². The molecule has 0 aliphatic carbocycles. The third-order valence-electron chi connectivity index (χ3n) is 5.16. The van der Waals surface area contributed by atoms with E-state index in [-0.39, 0.29) is 12.3 Å². The topological polar surface area (TPSA) is 111 Å². The highest BCUT2D eigenvalue weighted by Gasteiger charge is 2.17. The predicted molar refractivity (Wildman–Crippen MR) is 123 cm³/mol. The Kier molecular flexibility index (Phi) is 6.55. The van der Waals surface area contributed by atoms with E-state index >= 15 is 0 Å². The van der Waals surface area contributed by atoms with Gasteiger partial charge in [-0.1, -0.05) is 55.3 Å². The van der Waals surface area contributed by atoms with Gasteiger partial charge in [-0.15, -0.1) is 25.9 Å². The van der Waals surface area contributed by atoms with Crippen molar-refractivity contribution in [1.82, 2.24) is 35.0 Å². The van der Waals surface area contributed by atoms with Gasteiger partial charge in [0.05, 0.1) is 13.0 Å². The molecule has 4 rings (SSSR count). The molecule has 9 nitrogen and oxygen atoms in total. The highest BCUT2D eigenvalue weighted by molar-refractivity contribution is 5.77. The van der Waals surface area contributed by atoms with Gasteiger partial charge in [-0.05, 0) is 41.3 Å². The highest BCUT2D eigenvalue weighted by atomic mass is 16.2. The molecule has 0 unspecified atom stereocenters. The molecule has 166 valence electrons. The molecule has 33 heavy (non-hydrogen) atoms. The maximum absolute atomic E-state index is 12.9. The van der Waals surface area contributed by atoms with Gasteiger partial charge in [0.1, 0.15) is 5.82 Å². The molecule has 0 fully saturated rings. The minimum absolute atomic E-state index is 0.271. The van der Waals surface area contributed by atoms with Crippen molar-refractivity contribution >= 4 is 5.91 Å². The van der Waals surface area contributed by atoms with Crippen LogP contribution >= 0.6 is 0 Å². The SMILES string of the molecule is CC#CCc1nn(C(=O)CCC)c(=O)n1Cc1ccc(-c2cccc(-c3nn[nH]n3)c2)cc1. The van der Waals surface area contributed by atoms with Crippen LogP contribution < -0.4 is 5.69 Å². The van der Waals surface area contributed by atoms with E-state index in [1.807, 2.05) is 55.5 Å². The maximum atomic E-state index is 12.9. The summed E-state index contributed by atoms with van der Waals surface area (Å²) in [7, 11) is 0. The molecule has 0 spiro atoms. The zero-order chi connectivity index (χ0) is 23.2. The van der Waals surface area contributed by atoms with Crippen LogP contribution in [0.5, 0.6) is 0 Å². The average Bonchev–Trinajstić information content (AvgIpc) is 3.48. The van der Waals surface area contributed by atoms with Gasteiger partial charge < -0.3 is 0 Å². The summed E-state index contributed by atoms with van der Waals surface area (Å²) in [5.74, 6) is 6.46. The van der Waals surface area contributed by atoms with Crippen LogP contribution in [0.3, 0.4) is 0 Å². The normalized spacial score (nSPS) is 10.6. The molecular formula is C24H23N7O2. The fourth-order valence-corrected chi connectivity index (χ4v) is 3.48. The van der Waals surface area contributed by atoms with Crippen LogP contribution in [0.2, 0.25) is 0 Å². The van der Waals surface area contributed by atoms with E-state index in [2.05, 4.69) is 37.6 Å². The minimum Gasteiger partial charge on any atom is -0.273 e. The second-order valence-electron chi connectivity index (χ2n) is 7.46. The number of hydrogen-bond acceptors (Lipinski definition) is 6. The third kappa shape index (κ3) is 4.80. The average molecular weight is 441 g/mol. The summed E-state index contributed by atoms with van der Waals surface area (Å²) < 4.78 is 2.48. The molecule has 0 aliphatic rings. The second-order valence-corrected chi connectivity index (χ2v) is 7.46. The summed E-state index contributed by atoms with van der Waals surface area (Å²) in [5.41, 5.74) is 3.38. The molecule has 0 amide bonds. The van der Waals surface area contributed by atoms with Crippen LogP contribution in [0.25, 0.3) is 22.5 Å². The Morgan fingerprint density at radius 2 is 1.88 bits per heavy atom. The van der Waals surface area contributed by atoms with Gasteiger partial charge >= 0.3 is 5.69 Å². The summed E-state index contributed by atoms with van der Waals surface area (Å²) in [6, 6.07) is 15.8. The largest absolute Gasteiger partial charge is 0.353 e. The van der Waals surface area contributed by atoms with Gasteiger partial charge in [-0.25, -0.2) is 4.79 Å². The van der Waals surface area contributed by atoms with Crippen molar-refractivity contribution in [3.63, 3.8) is 0 Å². The molecule has 4 aromatic rings. The fourth-order valence-electron chi connectivity index (χ4n) is 3.48. The molecule has 0 saturated heterocycles. The smallest absolute Gasteiger partial charge is 0.273 e. The summed E-state index contributed by atoms with van der Waals surface area (Å²) in [4.78, 5) is 25.2. The van der Waals surface area contributed by atoms with Crippen molar-refractivity contribution in [2.24, 2.45) is 0 Å². The molecule has 2 heterocycles. The van der Waals surface area contributed by atoms with E-state index in [0.29, 0.717) is 31.0 Å². The summed E-state index contributed by atoms with van der Waals surface area (Å²) in [6.07, 6.45) is 1.23. The number of tetrazole rings is 1. The fraction of sp³-hybridized carbons (Fsp3) is 0.250. The van der Waals surface area contributed by atoms with E-state index in [1.165, 1.54) is 4.57 Å². The molecule has 2 aromatic carbocycles. The lowest BCUT2D eigenvalue weighted by molar-refractivity contribution is 0.0880. The first kappa shape index (κ1) is 21.9. The Bertz CT molecular complexity index is 1370. The van der Waals surface area contributed by atoms with Crippen molar-refractivity contribution in [3.05, 3.63) is 70.4 Å². The maximum Gasteiger partial charge on any atom is 0.353 e. The Balaban J connectivity index is 1.60. The van der Waals surface area contributed by atoms with Gasteiger partial charge in [-0.3, -0.25) is 9.36 Å². The minimum atomic E-state index is -0.432. The van der Waals surface area contributed by atoms with E-state index in [4.69, 9.17) is 0 Å². The van der Waals surface area contributed by atoms with Crippen LogP contribution in [0.1, 0.15) is 42.9 Å². The highest BCUT2D eigenvalue weighted by Crippen LogP contribution is 2.24. The van der Waals surface area contributed by atoms with Crippen molar-refractivity contribution in [2.75, 3.05) is 0 Å². The van der Waals surface area contributed by atoms with Crippen molar-refractivity contribution in [3.8, 4) is 34.4 Å². The summed E-state index contributed by atoms with van der Waals surface area (Å²) in [5, 5.41) is 18.4. The lowest BCUT2D eigenvalue weighted by atomic mass is 10.0. The monoisotopic (exact) mass is 441 g/mol. The number of nitrogens with one attached hydrogen (secondary N) is 1. The van der Waals surface area contributed by atoms with Crippen LogP contribution in [-0.2, 0) is 13.0 Å². The Labute approximate surface area is 190 Å². The second kappa shape index (κ2) is 9.87. The molecule has 0 bridgehead atoms. The molecule has 1 N–H and O–H groups in total. The Hall–Kier alpha value is -4.32. The standard InChI is InChI=1S/C24H23N7O2/c1-3-5-10-21-27-31(22(32)7-4-2)24(33)30(21)16-17-11-13-18(14-12-17)19-8-6-9-20(15-19)23-25-28-29-26-23/h6,8-9,11-15H,4,7,10,16H2,1-2H3,(H,25,26,28,29). The zero-order valence-corrected chi connectivity index (χ0v) is 18.4. The van der Waals surface area contributed by atoms with Gasteiger partial charge in [0, 0.05) is 12.0 Å². The molecular weight excluding hydrogens is 418 g/mol. The number of H-pyrrole nitrogens is 1. The van der Waals surface area contributed by atoms with E-state index in [0.717, 1.165) is 26.9 Å². The van der Waals surface area contributed by atoms with Crippen LogP contribution in [0.15, 0.2) is 53.3 Å². The molecule has 0 aliphatic heterocycles. The summed E-state index contributed by atoms with van der Waals surface area (Å²) in [6.45, 7) is 3.93. The van der Waals surface area contributed by atoms with Crippen molar-refractivity contribution in [2.45, 2.75) is 39.7 Å². The van der Waals surface area contributed by atoms with Crippen LogP contribution in [0, 0.1) is 11.8 Å². The van der Waals surface area contributed by atoms with Crippen LogP contribution in [-0.4, -0.2) is 40.9 Å². The molecule has 0 atom stereocenters. The van der Waals surface area contributed by atoms with E-state index in [9.17, 15) is 9.59 Å². The quantitative estimate of drug-likeness (QED) is 0.442. The zero-order valence-electron chi connectivity index (χ0n) is 18.4. The number of benzene rings is 2. The first-order valence-corrected chi connectivity index (χ1v) is 10.7. The van der Waals surface area contributed by atoms with Crippen LogP contribution in [0.4, 0.5) is 0 Å². The van der Waals surface area contributed by atoms with Gasteiger partial charge in [0.2, 0.25) is 5.82 Å². The number of hydrogen-bond donors (Lipinski definition) is 1. The molecule has 0 saturated carbocycles. The molecule has 0 radical (unpaired) electrons. The Morgan fingerprint density at radius 3 is 2.58 bits per heavy atom. The number of carbonyl (C=O) groups excluding carboxylic acids is 1. The van der Waals surface area contributed by atoms with E-state index < -0.39 is 5.69 Å². The Morgan fingerprint density at radius 1 is 1.09 bits per heavy atom. The first-order valence-electron chi connectivity index (χ1n) is 10.7. The predicted octanol–water partition coefficient (Wildman–Crippen LogP) is 2.95. The van der Waals surface area contributed by atoms with E-state index in [1.54, 1.807) is 6.92 Å². The number of carbonyl (C=O) groups is 1. The molecule has 2 aromatic heterocycles. The lowest BCUT2D eigenvalue weighted by Gasteiger charge is -2.07. The number of aromatic amines is 1. The van der Waals surface area contributed by atoms with Crippen molar-refractivity contribution in [1.29, 1.82) is 0 Å². The number of nitrogens with zero attached hydrogens (tertiary/aromatic N) is 6. The third-order valence-corrected chi connectivity index (χ3v) is 5.16. The summed E-state index contributed by atoms with van der Waals surface area (Å²) >= 11 is 0. The number of aromatic nitrogens is 7. The number of rotatable bonds is 7. The lowest BCUT2D eigenvalue weighted by Crippen LogP contribution is -2.30. The molecule has 9 heteroatoms. The first-order chi connectivity index (χ1) is 16.1. The van der Waals surface area contributed by atoms with Crippen molar-refractivity contribution < 1.29 is 4.79 Å². The van der Waals surface area contributed by atoms with Gasteiger partial charge in [-0.2, -0.15) is 5.21 Å².